The topological polar surface area (TPSA) is 26.3 Å². The highest BCUT2D eigenvalue weighted by atomic mass is 16.5. The number of carbonyl (C=O) groups excluding carboxylic acids is 1. The van der Waals surface area contributed by atoms with Crippen molar-refractivity contribution >= 4 is 5.97 Å². The molecule has 1 rings (SSSR count). The lowest BCUT2D eigenvalue weighted by Gasteiger charge is -2.10. The van der Waals surface area contributed by atoms with Crippen LogP contribution in [0.25, 0.3) is 0 Å². The lowest BCUT2D eigenvalue weighted by molar-refractivity contribution is -0.136. The SMILES string of the molecule is CC(=O)OC1=CC(C)CC=C1. The zero-order chi connectivity index (χ0) is 8.27. The number of carbonyl (C=O) groups is 1. The normalized spacial score (nSPS) is 22.7. The van der Waals surface area contributed by atoms with Gasteiger partial charge in [0.1, 0.15) is 5.76 Å². The maximum Gasteiger partial charge on any atom is 0.308 e. The van der Waals surface area contributed by atoms with Crippen LogP contribution in [0.4, 0.5) is 0 Å². The van der Waals surface area contributed by atoms with Crippen LogP contribution in [0.3, 0.4) is 0 Å². The van der Waals surface area contributed by atoms with Crippen LogP contribution < -0.4 is 0 Å². The van der Waals surface area contributed by atoms with Gasteiger partial charge in [0, 0.05) is 6.92 Å². The lowest BCUT2D eigenvalue weighted by atomic mass is 10.0. The highest BCUT2D eigenvalue weighted by molar-refractivity contribution is 5.67. The van der Waals surface area contributed by atoms with Gasteiger partial charge in [0.15, 0.2) is 0 Å². The van der Waals surface area contributed by atoms with Gasteiger partial charge in [-0.15, -0.1) is 0 Å². The van der Waals surface area contributed by atoms with Crippen LogP contribution in [0, 0.1) is 5.92 Å². The molecule has 0 aliphatic heterocycles. The first-order chi connectivity index (χ1) is 5.18. The summed E-state index contributed by atoms with van der Waals surface area (Å²) >= 11 is 0. The molecule has 1 atom stereocenters. The molecule has 0 radical (unpaired) electrons. The molecule has 1 aliphatic rings. The number of esters is 1. The first-order valence-electron chi connectivity index (χ1n) is 3.75. The van der Waals surface area contributed by atoms with Crippen LogP contribution in [0.15, 0.2) is 24.0 Å². The van der Waals surface area contributed by atoms with E-state index in [0.717, 1.165) is 6.42 Å². The number of ether oxygens (including phenoxy) is 1. The molecular formula is C9H12O2. The summed E-state index contributed by atoms with van der Waals surface area (Å²) < 4.78 is 4.90. The molecular weight excluding hydrogens is 140 g/mol. The van der Waals surface area contributed by atoms with Crippen LogP contribution in [-0.2, 0) is 9.53 Å². The van der Waals surface area contributed by atoms with Gasteiger partial charge < -0.3 is 4.74 Å². The Kier molecular flexibility index (Phi) is 2.47. The average Bonchev–Trinajstić information content (AvgIpc) is 1.85. The third-order valence-electron chi connectivity index (χ3n) is 1.50. The minimum Gasteiger partial charge on any atom is -0.427 e. The van der Waals surface area contributed by atoms with Crippen molar-refractivity contribution in [1.29, 1.82) is 0 Å². The van der Waals surface area contributed by atoms with Crippen molar-refractivity contribution in [2.75, 3.05) is 0 Å². The molecule has 0 aromatic rings. The Morgan fingerprint density at radius 1 is 1.73 bits per heavy atom. The Bertz CT molecular complexity index is 214. The monoisotopic (exact) mass is 152 g/mol. The molecule has 2 nitrogen and oxygen atoms in total. The molecule has 0 heterocycles. The van der Waals surface area contributed by atoms with E-state index in [1.807, 2.05) is 18.2 Å². The molecule has 0 saturated carbocycles. The highest BCUT2D eigenvalue weighted by Gasteiger charge is 2.05. The van der Waals surface area contributed by atoms with Crippen LogP contribution in [0.1, 0.15) is 20.3 Å². The number of allylic oxidation sites excluding steroid dienone is 3. The Hall–Kier alpha value is -1.05. The summed E-state index contributed by atoms with van der Waals surface area (Å²) in [6, 6.07) is 0. The molecule has 2 heteroatoms. The van der Waals surface area contributed by atoms with Crippen molar-refractivity contribution in [3.8, 4) is 0 Å². The van der Waals surface area contributed by atoms with Crippen LogP contribution in [0.5, 0.6) is 0 Å². The molecule has 60 valence electrons. The van der Waals surface area contributed by atoms with Gasteiger partial charge in [-0.1, -0.05) is 13.0 Å². The maximum atomic E-state index is 10.5. The van der Waals surface area contributed by atoms with Gasteiger partial charge in [-0.05, 0) is 24.5 Å². The van der Waals surface area contributed by atoms with Crippen molar-refractivity contribution in [1.82, 2.24) is 0 Å². The summed E-state index contributed by atoms with van der Waals surface area (Å²) in [6.45, 7) is 3.50. The first-order valence-corrected chi connectivity index (χ1v) is 3.75. The van der Waals surface area contributed by atoms with Gasteiger partial charge >= 0.3 is 5.97 Å². The quantitative estimate of drug-likeness (QED) is 0.537. The van der Waals surface area contributed by atoms with Crippen molar-refractivity contribution in [2.24, 2.45) is 5.92 Å². The molecule has 0 aromatic heterocycles. The Balaban J connectivity index is 2.57. The molecule has 0 spiro atoms. The molecule has 11 heavy (non-hydrogen) atoms. The second-order valence-corrected chi connectivity index (χ2v) is 2.78. The van der Waals surface area contributed by atoms with Gasteiger partial charge in [0.05, 0.1) is 0 Å². The Labute approximate surface area is 66.5 Å². The van der Waals surface area contributed by atoms with E-state index in [-0.39, 0.29) is 5.97 Å². The fourth-order valence-electron chi connectivity index (χ4n) is 1.04. The fourth-order valence-corrected chi connectivity index (χ4v) is 1.04. The molecule has 0 bridgehead atoms. The predicted molar refractivity (Wildman–Crippen MR) is 42.8 cm³/mol. The third kappa shape index (κ3) is 2.58. The predicted octanol–water partition coefficient (Wildman–Crippen LogP) is 2.03. The fraction of sp³-hybridized carbons (Fsp3) is 0.444. The Morgan fingerprint density at radius 3 is 3.00 bits per heavy atom. The van der Waals surface area contributed by atoms with E-state index in [1.165, 1.54) is 6.92 Å². The molecule has 1 unspecified atom stereocenters. The summed E-state index contributed by atoms with van der Waals surface area (Å²) in [5, 5.41) is 0. The summed E-state index contributed by atoms with van der Waals surface area (Å²) in [5.74, 6) is 0.903. The Morgan fingerprint density at radius 2 is 2.45 bits per heavy atom. The standard InChI is InChI=1S/C9H12O2/c1-7-4-3-5-9(6-7)11-8(2)10/h3,5-7H,4H2,1-2H3. The zero-order valence-electron chi connectivity index (χ0n) is 6.83. The van der Waals surface area contributed by atoms with Crippen molar-refractivity contribution in [3.63, 3.8) is 0 Å². The minimum atomic E-state index is -0.255. The smallest absolute Gasteiger partial charge is 0.308 e. The number of hydrogen-bond donors (Lipinski definition) is 0. The van der Waals surface area contributed by atoms with Gasteiger partial charge in [-0.3, -0.25) is 4.79 Å². The number of rotatable bonds is 1. The zero-order valence-corrected chi connectivity index (χ0v) is 6.83. The molecule has 0 amide bonds. The van der Waals surface area contributed by atoms with E-state index in [9.17, 15) is 4.79 Å². The van der Waals surface area contributed by atoms with Crippen LogP contribution in [0.2, 0.25) is 0 Å². The molecule has 0 fully saturated rings. The van der Waals surface area contributed by atoms with Crippen molar-refractivity contribution < 1.29 is 9.53 Å². The molecule has 0 aromatic carbocycles. The highest BCUT2D eigenvalue weighted by Crippen LogP contribution is 2.16. The largest absolute Gasteiger partial charge is 0.427 e. The lowest BCUT2D eigenvalue weighted by Crippen LogP contribution is -2.02. The summed E-state index contributed by atoms with van der Waals surface area (Å²) in [6.07, 6.45) is 6.84. The second kappa shape index (κ2) is 3.37. The van der Waals surface area contributed by atoms with E-state index in [0.29, 0.717) is 11.7 Å². The van der Waals surface area contributed by atoms with Crippen molar-refractivity contribution in [2.45, 2.75) is 20.3 Å². The van der Waals surface area contributed by atoms with Gasteiger partial charge in [-0.2, -0.15) is 0 Å². The third-order valence-corrected chi connectivity index (χ3v) is 1.50. The molecule has 0 N–H and O–H groups in total. The molecule has 0 saturated heterocycles. The van der Waals surface area contributed by atoms with E-state index in [1.54, 1.807) is 0 Å². The summed E-state index contributed by atoms with van der Waals surface area (Å²) in [4.78, 5) is 10.5. The van der Waals surface area contributed by atoms with Gasteiger partial charge in [0.2, 0.25) is 0 Å². The first kappa shape index (κ1) is 8.05. The van der Waals surface area contributed by atoms with E-state index < -0.39 is 0 Å². The van der Waals surface area contributed by atoms with E-state index in [2.05, 4.69) is 6.92 Å². The van der Waals surface area contributed by atoms with Gasteiger partial charge in [-0.25, -0.2) is 0 Å². The summed E-state index contributed by atoms with van der Waals surface area (Å²) in [5.41, 5.74) is 0. The second-order valence-electron chi connectivity index (χ2n) is 2.78. The summed E-state index contributed by atoms with van der Waals surface area (Å²) in [7, 11) is 0. The van der Waals surface area contributed by atoms with Gasteiger partial charge in [0.25, 0.3) is 0 Å². The minimum absolute atomic E-state index is 0.255. The van der Waals surface area contributed by atoms with Crippen LogP contribution >= 0.6 is 0 Å². The maximum absolute atomic E-state index is 10.5. The average molecular weight is 152 g/mol. The number of hydrogen-bond acceptors (Lipinski definition) is 2. The van der Waals surface area contributed by atoms with E-state index >= 15 is 0 Å². The van der Waals surface area contributed by atoms with Crippen molar-refractivity contribution in [3.05, 3.63) is 24.0 Å². The van der Waals surface area contributed by atoms with Crippen LogP contribution in [-0.4, -0.2) is 5.97 Å². The van der Waals surface area contributed by atoms with E-state index in [4.69, 9.17) is 4.74 Å². The molecule has 1 aliphatic carbocycles.